The van der Waals surface area contributed by atoms with Crippen molar-refractivity contribution in [3.8, 4) is 0 Å². The van der Waals surface area contributed by atoms with E-state index in [-0.39, 0.29) is 12.0 Å². The first-order valence-electron chi connectivity index (χ1n) is 7.85. The summed E-state index contributed by atoms with van der Waals surface area (Å²) in [6, 6.07) is 9.71. The van der Waals surface area contributed by atoms with Crippen molar-refractivity contribution in [1.29, 1.82) is 0 Å². The van der Waals surface area contributed by atoms with E-state index in [0.717, 1.165) is 5.56 Å². The van der Waals surface area contributed by atoms with Gasteiger partial charge in [0, 0.05) is 32.3 Å². The van der Waals surface area contributed by atoms with Crippen molar-refractivity contribution in [3.63, 3.8) is 0 Å². The molecule has 0 atom stereocenters. The first kappa shape index (κ1) is 17.1. The Morgan fingerprint density at radius 2 is 1.57 bits per heavy atom. The van der Waals surface area contributed by atoms with Crippen molar-refractivity contribution >= 4 is 18.1 Å². The molecule has 0 aliphatic carbocycles. The van der Waals surface area contributed by atoms with Gasteiger partial charge < -0.3 is 14.5 Å². The molecule has 5 heteroatoms. The van der Waals surface area contributed by atoms with E-state index in [1.165, 1.54) is 0 Å². The molecule has 1 heterocycles. The van der Waals surface area contributed by atoms with Gasteiger partial charge in [0.25, 0.3) is 0 Å². The molecule has 124 valence electrons. The molecular weight excluding hydrogens is 292 g/mol. The lowest BCUT2D eigenvalue weighted by molar-refractivity contribution is -0.127. The Morgan fingerprint density at radius 3 is 2.13 bits per heavy atom. The Kier molecular flexibility index (Phi) is 5.42. The fraction of sp³-hybridized carbons (Fsp3) is 0.444. The fourth-order valence-electron chi connectivity index (χ4n) is 2.27. The van der Waals surface area contributed by atoms with Gasteiger partial charge in [-0.25, -0.2) is 4.79 Å². The molecule has 0 bridgehead atoms. The summed E-state index contributed by atoms with van der Waals surface area (Å²) in [4.78, 5) is 27.6. The van der Waals surface area contributed by atoms with Crippen LogP contribution in [-0.2, 0) is 9.53 Å². The van der Waals surface area contributed by atoms with Crippen LogP contribution in [0.15, 0.2) is 36.4 Å². The van der Waals surface area contributed by atoms with Crippen molar-refractivity contribution < 1.29 is 14.3 Å². The average Bonchev–Trinajstić information content (AvgIpc) is 2.52. The Bertz CT molecular complexity index is 568. The molecule has 1 fully saturated rings. The standard InChI is InChI=1S/C18H24N2O3/c1-18(2,3)23-17(22)20-13-11-19(12-14-20)16(21)10-9-15-7-5-4-6-8-15/h4-10H,11-14H2,1-3H3. The van der Waals surface area contributed by atoms with Crippen molar-refractivity contribution in [1.82, 2.24) is 9.80 Å². The highest BCUT2D eigenvalue weighted by Crippen LogP contribution is 2.12. The summed E-state index contributed by atoms with van der Waals surface area (Å²) in [5, 5.41) is 0. The van der Waals surface area contributed by atoms with Gasteiger partial charge in [-0.05, 0) is 32.4 Å². The Balaban J connectivity index is 1.83. The van der Waals surface area contributed by atoms with Gasteiger partial charge in [-0.2, -0.15) is 0 Å². The predicted molar refractivity (Wildman–Crippen MR) is 89.9 cm³/mol. The van der Waals surface area contributed by atoms with Gasteiger partial charge in [0.2, 0.25) is 5.91 Å². The van der Waals surface area contributed by atoms with Crippen LogP contribution in [-0.4, -0.2) is 53.6 Å². The second kappa shape index (κ2) is 7.31. The molecule has 2 amide bonds. The molecule has 5 nitrogen and oxygen atoms in total. The topological polar surface area (TPSA) is 49.9 Å². The maximum Gasteiger partial charge on any atom is 0.410 e. The molecule has 0 saturated carbocycles. The first-order valence-corrected chi connectivity index (χ1v) is 7.85. The minimum atomic E-state index is -0.498. The zero-order valence-electron chi connectivity index (χ0n) is 14.0. The molecule has 1 aliphatic heterocycles. The minimum absolute atomic E-state index is 0.0299. The Morgan fingerprint density at radius 1 is 1.00 bits per heavy atom. The van der Waals surface area contributed by atoms with Gasteiger partial charge in [-0.1, -0.05) is 30.3 Å². The summed E-state index contributed by atoms with van der Waals surface area (Å²) >= 11 is 0. The number of carbonyl (C=O) groups excluding carboxylic acids is 2. The van der Waals surface area contributed by atoms with Crippen LogP contribution >= 0.6 is 0 Å². The molecule has 1 saturated heterocycles. The molecule has 0 spiro atoms. The van der Waals surface area contributed by atoms with Gasteiger partial charge in [0.05, 0.1) is 0 Å². The fourth-order valence-corrected chi connectivity index (χ4v) is 2.27. The lowest BCUT2D eigenvalue weighted by Crippen LogP contribution is -2.51. The smallest absolute Gasteiger partial charge is 0.410 e. The van der Waals surface area contributed by atoms with E-state index >= 15 is 0 Å². The molecule has 0 aromatic heterocycles. The largest absolute Gasteiger partial charge is 0.444 e. The zero-order chi connectivity index (χ0) is 16.9. The second-order valence-corrected chi connectivity index (χ2v) is 6.54. The molecule has 1 aliphatic rings. The van der Waals surface area contributed by atoms with E-state index in [9.17, 15) is 9.59 Å². The molecular formula is C18H24N2O3. The van der Waals surface area contributed by atoms with E-state index in [0.29, 0.717) is 26.2 Å². The SMILES string of the molecule is CC(C)(C)OC(=O)N1CCN(C(=O)C=Cc2ccccc2)CC1. The number of nitrogens with zero attached hydrogens (tertiary/aromatic N) is 2. The third kappa shape index (κ3) is 5.43. The Labute approximate surface area is 137 Å². The average molecular weight is 316 g/mol. The van der Waals surface area contributed by atoms with Crippen molar-refractivity contribution in [3.05, 3.63) is 42.0 Å². The molecule has 2 rings (SSSR count). The number of amides is 2. The molecule has 1 aromatic rings. The lowest BCUT2D eigenvalue weighted by Gasteiger charge is -2.35. The van der Waals surface area contributed by atoms with E-state index in [1.54, 1.807) is 15.9 Å². The van der Waals surface area contributed by atoms with Gasteiger partial charge in [-0.3, -0.25) is 4.79 Å². The highest BCUT2D eigenvalue weighted by atomic mass is 16.6. The third-order valence-corrected chi connectivity index (χ3v) is 3.46. The van der Waals surface area contributed by atoms with E-state index in [1.807, 2.05) is 57.2 Å². The molecule has 0 radical (unpaired) electrons. The summed E-state index contributed by atoms with van der Waals surface area (Å²) in [6.45, 7) is 7.59. The van der Waals surface area contributed by atoms with E-state index in [2.05, 4.69) is 0 Å². The third-order valence-electron chi connectivity index (χ3n) is 3.46. The lowest BCUT2D eigenvalue weighted by atomic mass is 10.2. The molecule has 0 N–H and O–H groups in total. The zero-order valence-corrected chi connectivity index (χ0v) is 14.0. The van der Waals surface area contributed by atoms with Crippen LogP contribution in [0.5, 0.6) is 0 Å². The molecule has 1 aromatic carbocycles. The van der Waals surface area contributed by atoms with E-state index < -0.39 is 5.60 Å². The number of rotatable bonds is 2. The number of ether oxygens (including phenoxy) is 1. The van der Waals surface area contributed by atoms with Gasteiger partial charge in [0.1, 0.15) is 5.60 Å². The summed E-state index contributed by atoms with van der Waals surface area (Å²) in [7, 11) is 0. The van der Waals surface area contributed by atoms with Gasteiger partial charge in [0.15, 0.2) is 0 Å². The maximum atomic E-state index is 12.2. The van der Waals surface area contributed by atoms with Crippen molar-refractivity contribution in [2.24, 2.45) is 0 Å². The number of piperazine rings is 1. The summed E-state index contributed by atoms with van der Waals surface area (Å²) in [5.41, 5.74) is 0.496. The molecule has 0 unspecified atom stereocenters. The quantitative estimate of drug-likeness (QED) is 0.788. The number of benzene rings is 1. The van der Waals surface area contributed by atoms with Crippen LogP contribution in [0, 0.1) is 0 Å². The van der Waals surface area contributed by atoms with Crippen LogP contribution in [0.2, 0.25) is 0 Å². The van der Waals surface area contributed by atoms with Crippen LogP contribution in [0.3, 0.4) is 0 Å². The monoisotopic (exact) mass is 316 g/mol. The van der Waals surface area contributed by atoms with Crippen molar-refractivity contribution in [2.75, 3.05) is 26.2 Å². The number of hydrogen-bond donors (Lipinski definition) is 0. The van der Waals surface area contributed by atoms with Gasteiger partial charge >= 0.3 is 6.09 Å². The van der Waals surface area contributed by atoms with Crippen LogP contribution in [0.1, 0.15) is 26.3 Å². The number of carbonyl (C=O) groups is 2. The second-order valence-electron chi connectivity index (χ2n) is 6.54. The first-order chi connectivity index (χ1) is 10.8. The predicted octanol–water partition coefficient (Wildman–Crippen LogP) is 2.78. The summed E-state index contributed by atoms with van der Waals surface area (Å²) < 4.78 is 5.35. The normalized spacial score (nSPS) is 15.8. The summed E-state index contributed by atoms with van der Waals surface area (Å²) in [5.74, 6) is -0.0299. The van der Waals surface area contributed by atoms with Crippen LogP contribution < -0.4 is 0 Å². The summed E-state index contributed by atoms with van der Waals surface area (Å²) in [6.07, 6.45) is 3.07. The molecule has 23 heavy (non-hydrogen) atoms. The number of hydrogen-bond acceptors (Lipinski definition) is 3. The minimum Gasteiger partial charge on any atom is -0.444 e. The van der Waals surface area contributed by atoms with Gasteiger partial charge in [-0.15, -0.1) is 0 Å². The van der Waals surface area contributed by atoms with Crippen LogP contribution in [0.4, 0.5) is 4.79 Å². The highest BCUT2D eigenvalue weighted by molar-refractivity contribution is 5.91. The Hall–Kier alpha value is -2.30. The highest BCUT2D eigenvalue weighted by Gasteiger charge is 2.26. The van der Waals surface area contributed by atoms with Crippen LogP contribution in [0.25, 0.3) is 6.08 Å². The maximum absolute atomic E-state index is 12.2. The van der Waals surface area contributed by atoms with Crippen molar-refractivity contribution in [2.45, 2.75) is 26.4 Å². The van der Waals surface area contributed by atoms with E-state index in [4.69, 9.17) is 4.74 Å².